The highest BCUT2D eigenvalue weighted by atomic mass is 16.7. The van der Waals surface area contributed by atoms with Crippen LogP contribution in [0.15, 0.2) is 12.7 Å². The average Bonchev–Trinajstić information content (AvgIpc) is 2.46. The SMILES string of the molecule is C=CCOC(=O)OC(C)C(=O)OCC.CCOC(=O)C(C)O. The molecule has 1 N–H and O–H groups in total. The summed E-state index contributed by atoms with van der Waals surface area (Å²) in [6, 6.07) is 0. The number of rotatable bonds is 7. The van der Waals surface area contributed by atoms with Gasteiger partial charge >= 0.3 is 18.1 Å². The Hall–Kier alpha value is -2.09. The molecule has 8 heteroatoms. The molecule has 0 heterocycles. The van der Waals surface area contributed by atoms with Crippen LogP contribution >= 0.6 is 0 Å². The molecule has 0 aromatic rings. The van der Waals surface area contributed by atoms with Crippen LogP contribution < -0.4 is 0 Å². The smallest absolute Gasteiger partial charge is 0.464 e. The molecule has 0 spiro atoms. The van der Waals surface area contributed by atoms with Crippen LogP contribution in [-0.2, 0) is 28.5 Å². The average molecular weight is 320 g/mol. The molecular weight excluding hydrogens is 296 g/mol. The molecule has 8 nitrogen and oxygen atoms in total. The number of aliphatic hydroxyl groups excluding tert-OH is 1. The number of esters is 2. The highest BCUT2D eigenvalue weighted by Gasteiger charge is 2.19. The predicted molar refractivity (Wildman–Crippen MR) is 77.0 cm³/mol. The molecule has 0 aliphatic rings. The summed E-state index contributed by atoms with van der Waals surface area (Å²) in [4.78, 5) is 32.1. The molecule has 0 saturated heterocycles. The van der Waals surface area contributed by atoms with Crippen molar-refractivity contribution in [2.75, 3.05) is 19.8 Å². The number of carbonyl (C=O) groups excluding carboxylic acids is 3. The first kappa shape index (κ1) is 22.2. The minimum absolute atomic E-state index is 0.0500. The van der Waals surface area contributed by atoms with Crippen molar-refractivity contribution in [3.8, 4) is 0 Å². The van der Waals surface area contributed by atoms with E-state index in [1.165, 1.54) is 19.9 Å². The molecule has 0 aliphatic heterocycles. The van der Waals surface area contributed by atoms with Crippen LogP contribution in [0.4, 0.5) is 4.79 Å². The maximum Gasteiger partial charge on any atom is 0.509 e. The molecule has 2 unspecified atom stereocenters. The topological polar surface area (TPSA) is 108 Å². The van der Waals surface area contributed by atoms with E-state index >= 15 is 0 Å². The van der Waals surface area contributed by atoms with Gasteiger partial charge in [-0.25, -0.2) is 14.4 Å². The number of aliphatic hydroxyl groups is 1. The van der Waals surface area contributed by atoms with E-state index in [0.717, 1.165) is 0 Å². The van der Waals surface area contributed by atoms with E-state index in [9.17, 15) is 14.4 Å². The number of hydrogen-bond acceptors (Lipinski definition) is 8. The third-order valence-corrected chi connectivity index (χ3v) is 1.84. The summed E-state index contributed by atoms with van der Waals surface area (Å²) in [7, 11) is 0. The van der Waals surface area contributed by atoms with Crippen molar-refractivity contribution in [1.82, 2.24) is 0 Å². The van der Waals surface area contributed by atoms with Crippen LogP contribution in [0.25, 0.3) is 0 Å². The fourth-order valence-corrected chi connectivity index (χ4v) is 0.876. The first-order valence-corrected chi connectivity index (χ1v) is 6.75. The number of hydrogen-bond donors (Lipinski definition) is 1. The summed E-state index contributed by atoms with van der Waals surface area (Å²) in [5, 5.41) is 8.48. The fourth-order valence-electron chi connectivity index (χ4n) is 0.876. The monoisotopic (exact) mass is 320 g/mol. The van der Waals surface area contributed by atoms with Crippen LogP contribution in [0.3, 0.4) is 0 Å². The second-order valence-electron chi connectivity index (χ2n) is 3.79. The molecule has 0 radical (unpaired) electrons. The summed E-state index contributed by atoms with van der Waals surface area (Å²) in [6.45, 7) is 10.1. The van der Waals surface area contributed by atoms with Crippen molar-refractivity contribution in [2.45, 2.75) is 39.9 Å². The van der Waals surface area contributed by atoms with Gasteiger partial charge in [0.25, 0.3) is 0 Å². The summed E-state index contributed by atoms with van der Waals surface area (Å²) >= 11 is 0. The van der Waals surface area contributed by atoms with Gasteiger partial charge in [-0.05, 0) is 27.7 Å². The van der Waals surface area contributed by atoms with Gasteiger partial charge in [0.2, 0.25) is 0 Å². The van der Waals surface area contributed by atoms with Gasteiger partial charge in [-0.15, -0.1) is 0 Å². The Labute approximate surface area is 130 Å². The van der Waals surface area contributed by atoms with Crippen molar-refractivity contribution < 1.29 is 38.4 Å². The zero-order chi connectivity index (χ0) is 17.5. The minimum Gasteiger partial charge on any atom is -0.464 e. The molecule has 22 heavy (non-hydrogen) atoms. The van der Waals surface area contributed by atoms with Crippen LogP contribution in [0.5, 0.6) is 0 Å². The van der Waals surface area contributed by atoms with E-state index in [1.54, 1.807) is 13.8 Å². The lowest BCUT2D eigenvalue weighted by Crippen LogP contribution is -2.26. The Morgan fingerprint density at radius 2 is 1.55 bits per heavy atom. The lowest BCUT2D eigenvalue weighted by atomic mass is 10.4. The molecule has 0 fully saturated rings. The Bertz CT molecular complexity index is 351. The predicted octanol–water partition coefficient (Wildman–Crippen LogP) is 1.21. The third kappa shape index (κ3) is 12.9. The lowest BCUT2D eigenvalue weighted by molar-refractivity contribution is -0.153. The summed E-state index contributed by atoms with van der Waals surface area (Å²) in [5.41, 5.74) is 0. The van der Waals surface area contributed by atoms with Gasteiger partial charge in [-0.1, -0.05) is 12.7 Å². The van der Waals surface area contributed by atoms with Crippen molar-refractivity contribution >= 4 is 18.1 Å². The van der Waals surface area contributed by atoms with E-state index in [4.69, 9.17) is 5.11 Å². The molecule has 2 atom stereocenters. The quantitative estimate of drug-likeness (QED) is 0.423. The van der Waals surface area contributed by atoms with Gasteiger partial charge in [0.1, 0.15) is 12.7 Å². The van der Waals surface area contributed by atoms with Crippen molar-refractivity contribution in [2.24, 2.45) is 0 Å². The van der Waals surface area contributed by atoms with Crippen LogP contribution in [-0.4, -0.2) is 55.2 Å². The Kier molecular flexibility index (Phi) is 14.0. The summed E-state index contributed by atoms with van der Waals surface area (Å²) in [6.07, 6.45) is -1.45. The normalized spacial score (nSPS) is 11.9. The molecule has 0 bridgehead atoms. The van der Waals surface area contributed by atoms with Crippen molar-refractivity contribution in [3.63, 3.8) is 0 Å². The van der Waals surface area contributed by atoms with Crippen LogP contribution in [0, 0.1) is 0 Å². The van der Waals surface area contributed by atoms with E-state index in [2.05, 4.69) is 25.5 Å². The lowest BCUT2D eigenvalue weighted by Gasteiger charge is -2.10. The Balaban J connectivity index is 0. The van der Waals surface area contributed by atoms with Gasteiger partial charge in [0.15, 0.2) is 6.10 Å². The highest BCUT2D eigenvalue weighted by molar-refractivity contribution is 5.77. The second-order valence-corrected chi connectivity index (χ2v) is 3.79. The molecule has 0 aromatic heterocycles. The molecular formula is C14H24O8. The van der Waals surface area contributed by atoms with Crippen LogP contribution in [0.1, 0.15) is 27.7 Å². The van der Waals surface area contributed by atoms with Crippen molar-refractivity contribution in [1.29, 1.82) is 0 Å². The van der Waals surface area contributed by atoms with E-state index < -0.39 is 30.3 Å². The largest absolute Gasteiger partial charge is 0.509 e. The summed E-state index contributed by atoms with van der Waals surface area (Å²) in [5.74, 6) is -1.16. The van der Waals surface area contributed by atoms with Crippen LogP contribution in [0.2, 0.25) is 0 Å². The Morgan fingerprint density at radius 1 is 1.05 bits per heavy atom. The fraction of sp³-hybridized carbons (Fsp3) is 0.643. The maximum absolute atomic E-state index is 11.0. The maximum atomic E-state index is 11.0. The minimum atomic E-state index is -0.991. The van der Waals surface area contributed by atoms with Gasteiger partial charge in [0.05, 0.1) is 13.2 Å². The number of ether oxygens (including phenoxy) is 4. The zero-order valence-corrected chi connectivity index (χ0v) is 13.4. The Morgan fingerprint density at radius 3 is 1.91 bits per heavy atom. The third-order valence-electron chi connectivity index (χ3n) is 1.84. The molecule has 0 saturated carbocycles. The molecule has 128 valence electrons. The molecule has 0 aliphatic carbocycles. The first-order chi connectivity index (χ1) is 10.3. The van der Waals surface area contributed by atoms with Gasteiger partial charge in [-0.3, -0.25) is 0 Å². The van der Waals surface area contributed by atoms with E-state index in [1.807, 2.05) is 0 Å². The van der Waals surface area contributed by atoms with Gasteiger partial charge in [0, 0.05) is 0 Å². The molecule has 0 aromatic carbocycles. The van der Waals surface area contributed by atoms with Gasteiger partial charge < -0.3 is 24.1 Å². The van der Waals surface area contributed by atoms with E-state index in [0.29, 0.717) is 6.61 Å². The molecule has 0 rings (SSSR count). The number of carbonyl (C=O) groups is 3. The first-order valence-electron chi connectivity index (χ1n) is 6.75. The van der Waals surface area contributed by atoms with Gasteiger partial charge in [-0.2, -0.15) is 0 Å². The standard InChI is InChI=1S/C9H14O5.C5H10O3/c1-4-6-13-9(11)14-7(3)8(10)12-5-2;1-3-8-5(7)4(2)6/h4,7H,1,5-6H2,2-3H3;4,6H,3H2,1-2H3. The highest BCUT2D eigenvalue weighted by Crippen LogP contribution is 1.97. The molecule has 0 amide bonds. The zero-order valence-electron chi connectivity index (χ0n) is 13.4. The second kappa shape index (κ2) is 13.9. The summed E-state index contributed by atoms with van der Waals surface area (Å²) < 4.78 is 18.1. The van der Waals surface area contributed by atoms with E-state index in [-0.39, 0.29) is 13.2 Å². The van der Waals surface area contributed by atoms with Crippen molar-refractivity contribution in [3.05, 3.63) is 12.7 Å².